The number of hydrogen-bond acceptors (Lipinski definition) is 2. The molecule has 0 aliphatic rings. The second-order valence-corrected chi connectivity index (χ2v) is 4.70. The van der Waals surface area contributed by atoms with E-state index in [0.717, 1.165) is 22.3 Å². The van der Waals surface area contributed by atoms with Crippen molar-refractivity contribution in [2.24, 2.45) is 5.73 Å². The average Bonchev–Trinajstić information content (AvgIpc) is 2.81. The lowest BCUT2D eigenvalue weighted by Gasteiger charge is -2.05. The Bertz CT molecular complexity index is 713. The van der Waals surface area contributed by atoms with Crippen LogP contribution in [-0.2, 0) is 0 Å². The molecular formula is C16H14FNO. The molecule has 1 unspecified atom stereocenters. The van der Waals surface area contributed by atoms with E-state index >= 15 is 0 Å². The molecule has 0 radical (unpaired) electrons. The van der Waals surface area contributed by atoms with Crippen molar-refractivity contribution in [2.45, 2.75) is 13.0 Å². The van der Waals surface area contributed by atoms with Gasteiger partial charge in [-0.15, -0.1) is 0 Å². The van der Waals surface area contributed by atoms with Gasteiger partial charge in [-0.05, 0) is 36.8 Å². The van der Waals surface area contributed by atoms with Crippen LogP contribution in [0.4, 0.5) is 4.39 Å². The minimum absolute atomic E-state index is 0.0128. The zero-order valence-corrected chi connectivity index (χ0v) is 10.6. The first-order valence-electron chi connectivity index (χ1n) is 6.18. The predicted octanol–water partition coefficient (Wildman–Crippen LogP) is 4.26. The minimum atomic E-state index is -0.257. The highest BCUT2D eigenvalue weighted by molar-refractivity contribution is 5.82. The van der Waals surface area contributed by atoms with E-state index in [4.69, 9.17) is 10.2 Å². The maximum atomic E-state index is 13.1. The highest BCUT2D eigenvalue weighted by atomic mass is 19.1. The van der Waals surface area contributed by atoms with E-state index in [1.807, 2.05) is 37.3 Å². The molecule has 2 aromatic carbocycles. The van der Waals surface area contributed by atoms with E-state index in [2.05, 4.69) is 0 Å². The summed E-state index contributed by atoms with van der Waals surface area (Å²) in [4.78, 5) is 0. The predicted molar refractivity (Wildman–Crippen MR) is 74.2 cm³/mol. The lowest BCUT2D eigenvalue weighted by atomic mass is 10.1. The summed E-state index contributed by atoms with van der Waals surface area (Å²) in [6.07, 6.45) is 0. The van der Waals surface area contributed by atoms with Crippen LogP contribution >= 0.6 is 0 Å². The largest absolute Gasteiger partial charge is 0.456 e. The summed E-state index contributed by atoms with van der Waals surface area (Å²) in [5, 5.41) is 0.770. The van der Waals surface area contributed by atoms with Gasteiger partial charge in [-0.3, -0.25) is 0 Å². The van der Waals surface area contributed by atoms with Gasteiger partial charge in [0.2, 0.25) is 0 Å². The molecule has 2 nitrogen and oxygen atoms in total. The second-order valence-electron chi connectivity index (χ2n) is 4.70. The Morgan fingerprint density at radius 3 is 2.47 bits per heavy atom. The molecule has 3 aromatic rings. The first-order valence-corrected chi connectivity index (χ1v) is 6.18. The number of halogens is 1. The van der Waals surface area contributed by atoms with Crippen molar-refractivity contribution in [3.63, 3.8) is 0 Å². The number of furan rings is 1. The van der Waals surface area contributed by atoms with Gasteiger partial charge in [0, 0.05) is 17.0 Å². The average molecular weight is 255 g/mol. The Balaban J connectivity index is 2.03. The van der Waals surface area contributed by atoms with Gasteiger partial charge in [0.05, 0.1) is 0 Å². The van der Waals surface area contributed by atoms with Gasteiger partial charge in [-0.1, -0.05) is 24.3 Å². The summed E-state index contributed by atoms with van der Waals surface area (Å²) in [6, 6.07) is 14.3. The number of nitrogens with two attached hydrogens (primary N) is 1. The van der Waals surface area contributed by atoms with E-state index in [9.17, 15) is 4.39 Å². The Morgan fingerprint density at radius 1 is 1.05 bits per heavy atom. The number of rotatable bonds is 2. The smallest absolute Gasteiger partial charge is 0.135 e. The number of benzene rings is 2. The molecule has 0 amide bonds. The summed E-state index contributed by atoms with van der Waals surface area (Å²) >= 11 is 0. The van der Waals surface area contributed by atoms with Gasteiger partial charge >= 0.3 is 0 Å². The summed E-state index contributed by atoms with van der Waals surface area (Å²) in [7, 11) is 0. The van der Waals surface area contributed by atoms with E-state index < -0.39 is 0 Å². The molecule has 2 N–H and O–H groups in total. The molecule has 0 saturated carbocycles. The molecule has 3 heteroatoms. The maximum Gasteiger partial charge on any atom is 0.135 e. The van der Waals surface area contributed by atoms with Crippen molar-refractivity contribution < 1.29 is 8.81 Å². The molecule has 96 valence electrons. The fraction of sp³-hybridized carbons (Fsp3) is 0.125. The Morgan fingerprint density at radius 2 is 1.79 bits per heavy atom. The molecule has 1 heterocycles. The zero-order valence-electron chi connectivity index (χ0n) is 10.6. The molecule has 0 bridgehead atoms. The van der Waals surface area contributed by atoms with Crippen molar-refractivity contribution in [3.05, 3.63) is 59.9 Å². The zero-order chi connectivity index (χ0) is 13.4. The van der Waals surface area contributed by atoms with Crippen molar-refractivity contribution >= 4 is 11.0 Å². The fourth-order valence-corrected chi connectivity index (χ4v) is 2.11. The molecule has 19 heavy (non-hydrogen) atoms. The standard InChI is InChI=1S/C16H14FNO/c1-10(18)11-2-4-12(5-3-11)16-9-13-8-14(17)6-7-15(13)19-16/h2-10H,18H2,1H3. The fourth-order valence-electron chi connectivity index (χ4n) is 2.11. The van der Waals surface area contributed by atoms with Crippen LogP contribution in [0.5, 0.6) is 0 Å². The van der Waals surface area contributed by atoms with Crippen LogP contribution in [0.3, 0.4) is 0 Å². The molecule has 0 fully saturated rings. The molecule has 1 atom stereocenters. The normalized spacial score (nSPS) is 12.8. The first kappa shape index (κ1) is 11.9. The van der Waals surface area contributed by atoms with Crippen LogP contribution in [0.25, 0.3) is 22.3 Å². The topological polar surface area (TPSA) is 39.2 Å². The third-order valence-electron chi connectivity index (χ3n) is 3.20. The van der Waals surface area contributed by atoms with Crippen molar-refractivity contribution in [3.8, 4) is 11.3 Å². The van der Waals surface area contributed by atoms with Crippen molar-refractivity contribution in [1.29, 1.82) is 0 Å². The van der Waals surface area contributed by atoms with Crippen LogP contribution in [0.2, 0.25) is 0 Å². The first-order chi connectivity index (χ1) is 9.13. The van der Waals surface area contributed by atoms with Crippen LogP contribution in [0.1, 0.15) is 18.5 Å². The van der Waals surface area contributed by atoms with Gasteiger partial charge in [0.1, 0.15) is 17.2 Å². The molecule has 3 rings (SSSR count). The highest BCUT2D eigenvalue weighted by Gasteiger charge is 2.07. The van der Waals surface area contributed by atoms with E-state index in [1.165, 1.54) is 12.1 Å². The summed E-state index contributed by atoms with van der Waals surface area (Å²) in [5.74, 6) is 0.476. The van der Waals surface area contributed by atoms with Crippen LogP contribution in [-0.4, -0.2) is 0 Å². The Hall–Kier alpha value is -2.13. The minimum Gasteiger partial charge on any atom is -0.456 e. The van der Waals surface area contributed by atoms with Crippen LogP contribution < -0.4 is 5.73 Å². The molecule has 1 aromatic heterocycles. The molecule has 0 saturated heterocycles. The van der Waals surface area contributed by atoms with Gasteiger partial charge in [0.25, 0.3) is 0 Å². The quantitative estimate of drug-likeness (QED) is 0.743. The summed E-state index contributed by atoms with van der Waals surface area (Å²) in [5.41, 5.74) is 8.54. The van der Waals surface area contributed by atoms with E-state index in [1.54, 1.807) is 6.07 Å². The molecular weight excluding hydrogens is 241 g/mol. The van der Waals surface area contributed by atoms with Crippen LogP contribution in [0.15, 0.2) is 52.9 Å². The van der Waals surface area contributed by atoms with Gasteiger partial charge < -0.3 is 10.2 Å². The SMILES string of the molecule is CC(N)c1ccc(-c2cc3cc(F)ccc3o2)cc1. The Labute approximate surface area is 110 Å². The second kappa shape index (κ2) is 4.52. The monoisotopic (exact) mass is 255 g/mol. The Kier molecular flexibility index (Phi) is 2.84. The maximum absolute atomic E-state index is 13.1. The summed E-state index contributed by atoms with van der Waals surface area (Å²) in [6.45, 7) is 1.94. The summed E-state index contributed by atoms with van der Waals surface area (Å²) < 4.78 is 18.8. The van der Waals surface area contributed by atoms with Gasteiger partial charge in [-0.25, -0.2) is 4.39 Å². The molecule has 0 aliphatic carbocycles. The van der Waals surface area contributed by atoms with Gasteiger partial charge in [-0.2, -0.15) is 0 Å². The number of hydrogen-bond donors (Lipinski definition) is 1. The molecule has 0 aliphatic heterocycles. The lowest BCUT2D eigenvalue weighted by Crippen LogP contribution is -2.04. The van der Waals surface area contributed by atoms with Crippen molar-refractivity contribution in [2.75, 3.05) is 0 Å². The third-order valence-corrected chi connectivity index (χ3v) is 3.20. The molecule has 0 spiro atoms. The van der Waals surface area contributed by atoms with Crippen molar-refractivity contribution in [1.82, 2.24) is 0 Å². The van der Waals surface area contributed by atoms with E-state index in [0.29, 0.717) is 5.58 Å². The highest BCUT2D eigenvalue weighted by Crippen LogP contribution is 2.28. The number of fused-ring (bicyclic) bond motifs is 1. The van der Waals surface area contributed by atoms with E-state index in [-0.39, 0.29) is 11.9 Å². The third kappa shape index (κ3) is 2.25. The van der Waals surface area contributed by atoms with Crippen LogP contribution in [0, 0.1) is 5.82 Å². The lowest BCUT2D eigenvalue weighted by molar-refractivity contribution is 0.619. The van der Waals surface area contributed by atoms with Gasteiger partial charge in [0.15, 0.2) is 0 Å².